The van der Waals surface area contributed by atoms with E-state index in [1.165, 1.54) is 6.07 Å². The van der Waals surface area contributed by atoms with E-state index in [0.29, 0.717) is 17.1 Å². The number of carbonyl (C=O) groups excluding carboxylic acids is 1. The molecular weight excluding hydrogens is 551 g/mol. The van der Waals surface area contributed by atoms with Crippen molar-refractivity contribution in [2.75, 3.05) is 10.6 Å². The van der Waals surface area contributed by atoms with Crippen molar-refractivity contribution in [2.45, 2.75) is 12.8 Å². The molecule has 4 aromatic rings. The van der Waals surface area contributed by atoms with Gasteiger partial charge in [-0.2, -0.15) is 13.2 Å². The number of nitrogens with one attached hydrogen (secondary N) is 2. The maximum Gasteiger partial charge on any atom is 0.417 e. The molecule has 0 saturated carbocycles. The van der Waals surface area contributed by atoms with Gasteiger partial charge in [-0.3, -0.25) is 0 Å². The minimum absolute atomic E-state index is 0.0558. The molecule has 0 bridgehead atoms. The summed E-state index contributed by atoms with van der Waals surface area (Å²) in [4.78, 5) is 12.3. The lowest BCUT2D eigenvalue weighted by Gasteiger charge is -2.13. The van der Waals surface area contributed by atoms with E-state index in [1.54, 1.807) is 35.1 Å². The van der Waals surface area contributed by atoms with E-state index in [2.05, 4.69) is 36.9 Å². The number of hydrogen-bond acceptors (Lipinski definition) is 4. The monoisotopic (exact) mass is 565 g/mol. The van der Waals surface area contributed by atoms with Crippen LogP contribution in [0.4, 0.5) is 29.3 Å². The highest BCUT2D eigenvalue weighted by Gasteiger charge is 2.33. The van der Waals surface area contributed by atoms with Gasteiger partial charge in [0.05, 0.1) is 22.5 Å². The SMILES string of the molecule is O=C(Nc1cccc(OCc2cn(-c3ccccc3Br)nn2)c1)Nc1ccc(Cl)c(C(F)(F)F)c1. The molecule has 2 N–H and O–H groups in total. The maximum absolute atomic E-state index is 13.0. The fourth-order valence-electron chi connectivity index (χ4n) is 3.05. The van der Waals surface area contributed by atoms with E-state index in [0.717, 1.165) is 22.3 Å². The van der Waals surface area contributed by atoms with Gasteiger partial charge in [-0.1, -0.05) is 35.0 Å². The summed E-state index contributed by atoms with van der Waals surface area (Å²) in [5, 5.41) is 12.6. The van der Waals surface area contributed by atoms with Crippen LogP contribution in [-0.4, -0.2) is 21.0 Å². The average molecular weight is 567 g/mol. The summed E-state index contributed by atoms with van der Waals surface area (Å²) >= 11 is 9.07. The zero-order valence-corrected chi connectivity index (χ0v) is 20.0. The summed E-state index contributed by atoms with van der Waals surface area (Å²) < 4.78 is 47.3. The second-order valence-corrected chi connectivity index (χ2v) is 8.46. The Bertz CT molecular complexity index is 1360. The van der Waals surface area contributed by atoms with Crippen molar-refractivity contribution in [2.24, 2.45) is 0 Å². The fraction of sp³-hybridized carbons (Fsp3) is 0.0870. The number of nitrogens with zero attached hydrogens (tertiary/aromatic N) is 3. The Morgan fingerprint density at radius 3 is 2.51 bits per heavy atom. The molecule has 0 radical (unpaired) electrons. The van der Waals surface area contributed by atoms with Crippen molar-refractivity contribution in [1.29, 1.82) is 0 Å². The zero-order chi connectivity index (χ0) is 25.0. The molecule has 1 aromatic heterocycles. The number of ether oxygens (including phenoxy) is 1. The molecule has 0 aliphatic carbocycles. The van der Waals surface area contributed by atoms with E-state index >= 15 is 0 Å². The lowest BCUT2D eigenvalue weighted by atomic mass is 10.2. The molecule has 12 heteroatoms. The number of carbonyl (C=O) groups is 1. The van der Waals surface area contributed by atoms with Gasteiger partial charge in [0.15, 0.2) is 0 Å². The molecule has 0 aliphatic heterocycles. The Balaban J connectivity index is 1.37. The first-order valence-corrected chi connectivity index (χ1v) is 11.2. The van der Waals surface area contributed by atoms with Gasteiger partial charge in [-0.05, 0) is 58.4 Å². The van der Waals surface area contributed by atoms with Gasteiger partial charge in [-0.15, -0.1) is 5.10 Å². The molecular formula is C23H16BrClF3N5O2. The van der Waals surface area contributed by atoms with E-state index < -0.39 is 22.8 Å². The molecule has 1 heterocycles. The van der Waals surface area contributed by atoms with Crippen molar-refractivity contribution in [1.82, 2.24) is 15.0 Å². The third-order valence-corrected chi connectivity index (χ3v) is 5.65. The summed E-state index contributed by atoms with van der Waals surface area (Å²) in [6.07, 6.45) is -2.91. The van der Waals surface area contributed by atoms with Crippen LogP contribution in [-0.2, 0) is 12.8 Å². The smallest absolute Gasteiger partial charge is 0.417 e. The number of urea groups is 1. The summed E-state index contributed by atoms with van der Waals surface area (Å²) in [6, 6.07) is 16.5. The second-order valence-electron chi connectivity index (χ2n) is 7.19. The number of alkyl halides is 3. The van der Waals surface area contributed by atoms with Crippen LogP contribution in [0.15, 0.2) is 77.4 Å². The van der Waals surface area contributed by atoms with Crippen LogP contribution in [0.3, 0.4) is 0 Å². The van der Waals surface area contributed by atoms with Crippen LogP contribution in [0.5, 0.6) is 5.75 Å². The van der Waals surface area contributed by atoms with Crippen LogP contribution in [0, 0.1) is 0 Å². The van der Waals surface area contributed by atoms with Gasteiger partial charge in [0.2, 0.25) is 0 Å². The van der Waals surface area contributed by atoms with Gasteiger partial charge in [0.25, 0.3) is 0 Å². The average Bonchev–Trinajstić information content (AvgIpc) is 3.27. The Labute approximate surface area is 211 Å². The Morgan fingerprint density at radius 2 is 1.77 bits per heavy atom. The van der Waals surface area contributed by atoms with E-state index in [-0.39, 0.29) is 12.3 Å². The number of benzene rings is 3. The Hall–Kier alpha value is -3.57. The van der Waals surface area contributed by atoms with Crippen LogP contribution in [0.25, 0.3) is 5.69 Å². The topological polar surface area (TPSA) is 81.1 Å². The number of anilines is 2. The van der Waals surface area contributed by atoms with Crippen LogP contribution >= 0.6 is 27.5 Å². The number of hydrogen-bond donors (Lipinski definition) is 2. The van der Waals surface area contributed by atoms with Gasteiger partial charge >= 0.3 is 12.2 Å². The number of amides is 2. The van der Waals surface area contributed by atoms with Gasteiger partial charge < -0.3 is 15.4 Å². The fourth-order valence-corrected chi connectivity index (χ4v) is 3.75. The summed E-state index contributed by atoms with van der Waals surface area (Å²) in [5.41, 5.74) is 0.692. The summed E-state index contributed by atoms with van der Waals surface area (Å²) in [5.74, 6) is 0.448. The Kier molecular flexibility index (Phi) is 7.27. The molecule has 0 fully saturated rings. The molecule has 0 spiro atoms. The van der Waals surface area contributed by atoms with Gasteiger partial charge in [0, 0.05) is 21.9 Å². The van der Waals surface area contributed by atoms with Crippen molar-refractivity contribution in [3.63, 3.8) is 0 Å². The number of rotatable bonds is 6. The van der Waals surface area contributed by atoms with Crippen molar-refractivity contribution in [3.8, 4) is 11.4 Å². The Morgan fingerprint density at radius 1 is 1.03 bits per heavy atom. The zero-order valence-electron chi connectivity index (χ0n) is 17.7. The maximum atomic E-state index is 13.0. The predicted octanol–water partition coefficient (Wildman–Crippen LogP) is 6.93. The highest BCUT2D eigenvalue weighted by molar-refractivity contribution is 9.10. The molecule has 0 aliphatic rings. The molecule has 35 heavy (non-hydrogen) atoms. The van der Waals surface area contributed by atoms with Crippen molar-refractivity contribution in [3.05, 3.63) is 93.7 Å². The molecule has 180 valence electrons. The molecule has 0 atom stereocenters. The molecule has 0 saturated heterocycles. The molecule has 4 rings (SSSR count). The lowest BCUT2D eigenvalue weighted by molar-refractivity contribution is -0.137. The number of aromatic nitrogens is 3. The van der Waals surface area contributed by atoms with Crippen molar-refractivity contribution >= 4 is 44.9 Å². The lowest BCUT2D eigenvalue weighted by Crippen LogP contribution is -2.20. The highest BCUT2D eigenvalue weighted by Crippen LogP contribution is 2.36. The summed E-state index contributed by atoms with van der Waals surface area (Å²) in [6.45, 7) is 0.130. The largest absolute Gasteiger partial charge is 0.487 e. The number of para-hydroxylation sites is 1. The van der Waals surface area contributed by atoms with E-state index in [4.69, 9.17) is 16.3 Å². The van der Waals surface area contributed by atoms with Crippen LogP contribution in [0.2, 0.25) is 5.02 Å². The first-order valence-electron chi connectivity index (χ1n) is 10.0. The van der Waals surface area contributed by atoms with E-state index in [9.17, 15) is 18.0 Å². The highest BCUT2D eigenvalue weighted by atomic mass is 79.9. The third-order valence-electron chi connectivity index (χ3n) is 4.65. The van der Waals surface area contributed by atoms with Gasteiger partial charge in [0.1, 0.15) is 18.1 Å². The minimum Gasteiger partial charge on any atom is -0.487 e. The third kappa shape index (κ3) is 6.31. The molecule has 7 nitrogen and oxygen atoms in total. The van der Waals surface area contributed by atoms with Crippen LogP contribution in [0.1, 0.15) is 11.3 Å². The normalized spacial score (nSPS) is 11.2. The summed E-state index contributed by atoms with van der Waals surface area (Å²) in [7, 11) is 0. The van der Waals surface area contributed by atoms with Crippen molar-refractivity contribution < 1.29 is 22.7 Å². The molecule has 2 amide bonds. The predicted molar refractivity (Wildman–Crippen MR) is 129 cm³/mol. The first-order chi connectivity index (χ1) is 16.7. The van der Waals surface area contributed by atoms with Crippen LogP contribution < -0.4 is 15.4 Å². The molecule has 3 aromatic carbocycles. The standard InChI is InChI=1S/C23H16BrClF3N5O2/c24-19-6-1-2-7-21(19)33-12-16(31-32-33)13-35-17-5-3-4-14(10-17)29-22(34)30-15-8-9-20(25)18(11-15)23(26,27)28/h1-12H,13H2,(H2,29,30,34). The van der Waals surface area contributed by atoms with Gasteiger partial charge in [-0.25, -0.2) is 9.48 Å². The second kappa shape index (κ2) is 10.4. The quantitative estimate of drug-likeness (QED) is 0.265. The minimum atomic E-state index is -4.64. The molecule has 0 unspecified atom stereocenters. The van der Waals surface area contributed by atoms with E-state index in [1.807, 2.05) is 24.3 Å². The number of halogens is 5. The first kappa shape index (κ1) is 24.6.